The zero-order valence-electron chi connectivity index (χ0n) is 12.8. The molecule has 0 aliphatic rings. The fourth-order valence-electron chi connectivity index (χ4n) is 2.35. The van der Waals surface area contributed by atoms with E-state index < -0.39 is 5.97 Å². The molecule has 4 aromatic rings. The van der Waals surface area contributed by atoms with Crippen molar-refractivity contribution in [2.24, 2.45) is 0 Å². The van der Waals surface area contributed by atoms with Crippen LogP contribution >= 0.6 is 11.3 Å². The fraction of sp³-hybridized carbons (Fsp3) is 0.0625. The summed E-state index contributed by atoms with van der Waals surface area (Å²) in [4.78, 5) is 35.3. The van der Waals surface area contributed by atoms with Gasteiger partial charge in [-0.2, -0.15) is 4.98 Å². The first-order valence-electron chi connectivity index (χ1n) is 7.16. The number of benzene rings is 1. The van der Waals surface area contributed by atoms with Crippen LogP contribution in [0.1, 0.15) is 26.1 Å². The average molecular weight is 354 g/mol. The molecule has 1 N–H and O–H groups in total. The van der Waals surface area contributed by atoms with Gasteiger partial charge >= 0.3 is 11.9 Å². The van der Waals surface area contributed by atoms with Gasteiger partial charge in [0, 0.05) is 22.5 Å². The number of thiazole rings is 1. The first-order chi connectivity index (χ1) is 12.2. The summed E-state index contributed by atoms with van der Waals surface area (Å²) in [5, 5.41) is 6.44. The van der Waals surface area contributed by atoms with E-state index in [2.05, 4.69) is 24.8 Å². The molecule has 0 bridgehead atoms. The van der Waals surface area contributed by atoms with Gasteiger partial charge in [0.05, 0.1) is 12.7 Å². The lowest BCUT2D eigenvalue weighted by Crippen LogP contribution is -2.01. The van der Waals surface area contributed by atoms with Crippen molar-refractivity contribution >= 4 is 34.0 Å². The molecule has 0 saturated carbocycles. The smallest absolute Gasteiger partial charge is 0.397 e. The molecule has 3 aromatic heterocycles. The number of ketones is 1. The van der Waals surface area contributed by atoms with E-state index in [9.17, 15) is 9.59 Å². The molecule has 0 aliphatic heterocycles. The second-order valence-electron chi connectivity index (χ2n) is 5.03. The summed E-state index contributed by atoms with van der Waals surface area (Å²) in [5.74, 6) is -1.08. The molecule has 0 unspecified atom stereocenters. The number of H-pyrrole nitrogens is 1. The van der Waals surface area contributed by atoms with Crippen LogP contribution < -0.4 is 0 Å². The monoisotopic (exact) mass is 354 g/mol. The molecule has 0 amide bonds. The molecular formula is C16H10N4O4S. The number of hydrogen-bond acceptors (Lipinski definition) is 8. The summed E-state index contributed by atoms with van der Waals surface area (Å²) >= 11 is 1.17. The number of aromatic amines is 1. The summed E-state index contributed by atoms with van der Waals surface area (Å²) in [6.45, 7) is 0. The first kappa shape index (κ1) is 15.2. The Balaban J connectivity index is 1.66. The highest BCUT2D eigenvalue weighted by molar-refractivity contribution is 7.12. The highest BCUT2D eigenvalue weighted by atomic mass is 32.1. The normalized spacial score (nSPS) is 10.9. The molecule has 0 atom stereocenters. The van der Waals surface area contributed by atoms with Crippen LogP contribution in [0.4, 0.5) is 0 Å². The highest BCUT2D eigenvalue weighted by Crippen LogP contribution is 2.25. The van der Waals surface area contributed by atoms with Gasteiger partial charge in [-0.25, -0.2) is 9.78 Å². The third kappa shape index (κ3) is 2.60. The minimum atomic E-state index is -0.732. The van der Waals surface area contributed by atoms with E-state index in [4.69, 9.17) is 4.52 Å². The van der Waals surface area contributed by atoms with E-state index >= 15 is 0 Å². The van der Waals surface area contributed by atoms with Crippen molar-refractivity contribution in [1.29, 1.82) is 0 Å². The molecule has 9 heteroatoms. The molecule has 4 rings (SSSR count). The Morgan fingerprint density at radius 2 is 2.08 bits per heavy atom. The third-order valence-corrected chi connectivity index (χ3v) is 4.39. The predicted molar refractivity (Wildman–Crippen MR) is 88.5 cm³/mol. The summed E-state index contributed by atoms with van der Waals surface area (Å²) in [7, 11) is 1.22. The fourth-order valence-corrected chi connectivity index (χ4v) is 3.10. The lowest BCUT2D eigenvalue weighted by atomic mass is 10.1. The first-order valence-corrected chi connectivity index (χ1v) is 8.04. The SMILES string of the molecule is COC(=O)c1nc(-c2csc(C(=O)c3c[nH]c4ccccc34)n2)no1. The van der Waals surface area contributed by atoms with Gasteiger partial charge in [-0.15, -0.1) is 11.3 Å². The summed E-state index contributed by atoms with van der Waals surface area (Å²) < 4.78 is 9.32. The molecule has 0 aliphatic carbocycles. The van der Waals surface area contributed by atoms with Crippen LogP contribution in [-0.4, -0.2) is 39.0 Å². The number of carbonyl (C=O) groups is 2. The molecule has 0 radical (unpaired) electrons. The van der Waals surface area contributed by atoms with Crippen molar-refractivity contribution in [3.63, 3.8) is 0 Å². The van der Waals surface area contributed by atoms with E-state index in [0.717, 1.165) is 10.9 Å². The molecule has 0 saturated heterocycles. The number of esters is 1. The number of aromatic nitrogens is 4. The van der Waals surface area contributed by atoms with Gasteiger partial charge < -0.3 is 14.2 Å². The van der Waals surface area contributed by atoms with Crippen LogP contribution in [0.2, 0.25) is 0 Å². The molecule has 0 spiro atoms. The largest absolute Gasteiger partial charge is 0.462 e. The van der Waals surface area contributed by atoms with Crippen LogP contribution in [0.25, 0.3) is 22.4 Å². The number of fused-ring (bicyclic) bond motifs is 1. The van der Waals surface area contributed by atoms with E-state index in [0.29, 0.717) is 16.3 Å². The zero-order valence-corrected chi connectivity index (χ0v) is 13.7. The quantitative estimate of drug-likeness (QED) is 0.443. The number of rotatable bonds is 4. The number of hydrogen-bond donors (Lipinski definition) is 1. The molecule has 0 fully saturated rings. The maximum absolute atomic E-state index is 12.7. The summed E-state index contributed by atoms with van der Waals surface area (Å²) in [6, 6.07) is 7.53. The highest BCUT2D eigenvalue weighted by Gasteiger charge is 2.21. The van der Waals surface area contributed by atoms with Crippen molar-refractivity contribution in [2.75, 3.05) is 7.11 Å². The molecular weight excluding hydrogens is 344 g/mol. The standard InChI is InChI=1S/C16H10N4O4S/c1-23-16(22)14-19-13(20-24-14)11-7-25-15(18-11)12(21)9-6-17-10-5-3-2-4-8(9)10/h2-7,17H,1H3. The number of methoxy groups -OCH3 is 1. The van der Waals surface area contributed by atoms with Crippen LogP contribution in [0, 0.1) is 0 Å². The van der Waals surface area contributed by atoms with Gasteiger partial charge in [0.1, 0.15) is 5.69 Å². The van der Waals surface area contributed by atoms with Gasteiger partial charge in [-0.3, -0.25) is 4.79 Å². The maximum Gasteiger partial charge on any atom is 0.397 e. The number of ether oxygens (including phenoxy) is 1. The van der Waals surface area contributed by atoms with E-state index in [1.165, 1.54) is 18.4 Å². The Kier molecular flexibility index (Phi) is 3.62. The minimum Gasteiger partial charge on any atom is -0.462 e. The van der Waals surface area contributed by atoms with Crippen molar-refractivity contribution in [1.82, 2.24) is 20.1 Å². The average Bonchev–Trinajstić information content (AvgIpc) is 3.38. The molecule has 8 nitrogen and oxygen atoms in total. The number of carbonyl (C=O) groups excluding carboxylic acids is 2. The predicted octanol–water partition coefficient (Wildman–Crippen LogP) is 2.69. The van der Waals surface area contributed by atoms with Gasteiger partial charge in [0.25, 0.3) is 0 Å². The van der Waals surface area contributed by atoms with Crippen molar-refractivity contribution in [3.05, 3.63) is 52.3 Å². The summed E-state index contributed by atoms with van der Waals surface area (Å²) in [6.07, 6.45) is 1.66. The number of nitrogens with zero attached hydrogens (tertiary/aromatic N) is 3. The van der Waals surface area contributed by atoms with E-state index in [1.54, 1.807) is 11.6 Å². The molecule has 3 heterocycles. The lowest BCUT2D eigenvalue weighted by molar-refractivity contribution is 0.0545. The van der Waals surface area contributed by atoms with E-state index in [-0.39, 0.29) is 17.5 Å². The van der Waals surface area contributed by atoms with Crippen LogP contribution in [-0.2, 0) is 4.74 Å². The minimum absolute atomic E-state index is 0.120. The van der Waals surface area contributed by atoms with Gasteiger partial charge in [-0.1, -0.05) is 23.4 Å². The number of nitrogens with one attached hydrogen (secondary N) is 1. The Morgan fingerprint density at radius 1 is 1.24 bits per heavy atom. The van der Waals surface area contributed by atoms with Crippen molar-refractivity contribution in [3.8, 4) is 11.5 Å². The van der Waals surface area contributed by atoms with Crippen LogP contribution in [0.15, 0.2) is 40.4 Å². The van der Waals surface area contributed by atoms with Gasteiger partial charge in [0.15, 0.2) is 5.01 Å². The molecule has 25 heavy (non-hydrogen) atoms. The summed E-state index contributed by atoms with van der Waals surface area (Å²) in [5.41, 5.74) is 1.77. The Labute approximate surface area is 144 Å². The van der Waals surface area contributed by atoms with Crippen molar-refractivity contribution < 1.29 is 18.8 Å². The van der Waals surface area contributed by atoms with E-state index in [1.807, 2.05) is 24.3 Å². The van der Waals surface area contributed by atoms with Gasteiger partial charge in [0.2, 0.25) is 11.6 Å². The Hall–Kier alpha value is -3.33. The second-order valence-corrected chi connectivity index (χ2v) is 5.89. The van der Waals surface area contributed by atoms with Crippen LogP contribution in [0.5, 0.6) is 0 Å². The van der Waals surface area contributed by atoms with Crippen molar-refractivity contribution in [2.45, 2.75) is 0 Å². The topological polar surface area (TPSA) is 111 Å². The molecule has 124 valence electrons. The maximum atomic E-state index is 12.7. The lowest BCUT2D eigenvalue weighted by Gasteiger charge is -1.94. The van der Waals surface area contributed by atoms with Crippen LogP contribution in [0.3, 0.4) is 0 Å². The van der Waals surface area contributed by atoms with Gasteiger partial charge in [-0.05, 0) is 6.07 Å². The third-order valence-electron chi connectivity index (χ3n) is 3.55. The second kappa shape index (κ2) is 5.95. The Morgan fingerprint density at radius 3 is 2.92 bits per heavy atom. The zero-order chi connectivity index (χ0) is 17.4. The molecule has 1 aromatic carbocycles. The Bertz CT molecular complexity index is 1090. The number of para-hydroxylation sites is 1.